The van der Waals surface area contributed by atoms with Gasteiger partial charge in [-0.1, -0.05) is 54.1 Å². The lowest BCUT2D eigenvalue weighted by Crippen LogP contribution is -2.17. The maximum absolute atomic E-state index is 12.1. The lowest BCUT2D eigenvalue weighted by Gasteiger charge is -2.07. The van der Waals surface area contributed by atoms with E-state index in [1.807, 2.05) is 54.6 Å². The summed E-state index contributed by atoms with van der Waals surface area (Å²) in [6.07, 6.45) is 1.49. The molecule has 0 radical (unpaired) electrons. The molecule has 0 spiro atoms. The zero-order valence-corrected chi connectivity index (χ0v) is 15.1. The number of hydrogen-bond donors (Lipinski definition) is 2. The number of rotatable bonds is 6. The third kappa shape index (κ3) is 5.33. The van der Waals surface area contributed by atoms with Crippen LogP contribution in [0.1, 0.15) is 21.5 Å². The first-order valence-electron chi connectivity index (χ1n) is 8.20. The summed E-state index contributed by atoms with van der Waals surface area (Å²) in [6.45, 7) is 0.464. The molecular weight excluding hydrogens is 364 g/mol. The number of phenolic OH excluding ortho intramolecular Hbond substituents is 1. The molecule has 1 amide bonds. The minimum Gasteiger partial charge on any atom is -0.507 e. The predicted octanol–water partition coefficient (Wildman–Crippen LogP) is 4.39. The lowest BCUT2D eigenvalue weighted by atomic mass is 10.2. The van der Waals surface area contributed by atoms with Gasteiger partial charge in [0.05, 0.1) is 11.8 Å². The van der Waals surface area contributed by atoms with E-state index >= 15 is 0 Å². The summed E-state index contributed by atoms with van der Waals surface area (Å²) in [5.74, 6) is -0.0206. The van der Waals surface area contributed by atoms with Gasteiger partial charge in [0.15, 0.2) is 0 Å². The highest BCUT2D eigenvalue weighted by Gasteiger charge is 2.10. The Morgan fingerprint density at radius 3 is 2.70 bits per heavy atom. The summed E-state index contributed by atoms with van der Waals surface area (Å²) >= 11 is 5.84. The number of ether oxygens (including phenoxy) is 1. The van der Waals surface area contributed by atoms with Crippen LogP contribution in [0.2, 0.25) is 5.02 Å². The van der Waals surface area contributed by atoms with Crippen molar-refractivity contribution in [3.63, 3.8) is 0 Å². The third-order valence-corrected chi connectivity index (χ3v) is 3.92. The smallest absolute Gasteiger partial charge is 0.275 e. The molecule has 5 nitrogen and oxygen atoms in total. The average Bonchev–Trinajstić information content (AvgIpc) is 2.69. The Labute approximate surface area is 161 Å². The van der Waals surface area contributed by atoms with Gasteiger partial charge in [0.25, 0.3) is 5.91 Å². The van der Waals surface area contributed by atoms with Crippen LogP contribution in [-0.2, 0) is 6.61 Å². The fraction of sp³-hybridized carbons (Fsp3) is 0.0476. The zero-order chi connectivity index (χ0) is 19.1. The van der Waals surface area contributed by atoms with Crippen molar-refractivity contribution in [2.45, 2.75) is 6.61 Å². The zero-order valence-electron chi connectivity index (χ0n) is 14.3. The number of phenols is 1. The molecule has 0 aliphatic rings. The molecule has 0 aromatic heterocycles. The van der Waals surface area contributed by atoms with E-state index in [1.165, 1.54) is 24.4 Å². The molecule has 0 aliphatic carbocycles. The van der Waals surface area contributed by atoms with E-state index in [2.05, 4.69) is 10.5 Å². The Morgan fingerprint density at radius 2 is 1.89 bits per heavy atom. The van der Waals surface area contributed by atoms with E-state index in [9.17, 15) is 9.90 Å². The van der Waals surface area contributed by atoms with Gasteiger partial charge < -0.3 is 9.84 Å². The quantitative estimate of drug-likeness (QED) is 0.492. The van der Waals surface area contributed by atoms with Gasteiger partial charge in [0.2, 0.25) is 0 Å². The predicted molar refractivity (Wildman–Crippen MR) is 105 cm³/mol. The second-order valence-electron chi connectivity index (χ2n) is 5.71. The van der Waals surface area contributed by atoms with Crippen LogP contribution in [0.5, 0.6) is 11.5 Å². The van der Waals surface area contributed by atoms with Gasteiger partial charge in [-0.25, -0.2) is 5.43 Å². The average molecular weight is 381 g/mol. The number of carbonyl (C=O) groups is 1. The Bertz CT molecular complexity index is 959. The van der Waals surface area contributed by atoms with Crippen molar-refractivity contribution in [3.8, 4) is 11.5 Å². The molecule has 0 saturated heterocycles. The fourth-order valence-electron chi connectivity index (χ4n) is 2.34. The van der Waals surface area contributed by atoms with Gasteiger partial charge >= 0.3 is 0 Å². The van der Waals surface area contributed by atoms with Gasteiger partial charge in [0, 0.05) is 5.02 Å². The summed E-state index contributed by atoms with van der Waals surface area (Å²) in [5, 5.41) is 14.0. The number of aromatic hydroxyl groups is 1. The maximum atomic E-state index is 12.1. The minimum absolute atomic E-state index is 0.0552. The molecule has 0 atom stereocenters. The van der Waals surface area contributed by atoms with Crippen molar-refractivity contribution in [1.29, 1.82) is 0 Å². The van der Waals surface area contributed by atoms with Crippen molar-refractivity contribution >= 4 is 23.7 Å². The van der Waals surface area contributed by atoms with Crippen LogP contribution in [0.3, 0.4) is 0 Å². The molecular formula is C21H17ClN2O3. The van der Waals surface area contributed by atoms with Crippen LogP contribution >= 0.6 is 11.6 Å². The molecule has 27 heavy (non-hydrogen) atoms. The monoisotopic (exact) mass is 380 g/mol. The maximum Gasteiger partial charge on any atom is 0.275 e. The Kier molecular flexibility index (Phi) is 6.07. The fourth-order valence-corrected chi connectivity index (χ4v) is 2.51. The molecule has 3 rings (SSSR count). The van der Waals surface area contributed by atoms with Crippen LogP contribution in [0.25, 0.3) is 0 Å². The normalized spacial score (nSPS) is 10.7. The molecule has 0 bridgehead atoms. The number of hydrazone groups is 1. The molecule has 136 valence electrons. The number of nitrogens with zero attached hydrogens (tertiary/aromatic N) is 1. The van der Waals surface area contributed by atoms with Gasteiger partial charge in [-0.2, -0.15) is 5.10 Å². The van der Waals surface area contributed by atoms with Gasteiger partial charge in [-0.05, 0) is 41.5 Å². The third-order valence-electron chi connectivity index (χ3n) is 3.69. The molecule has 3 aromatic rings. The molecule has 0 fully saturated rings. The first kappa shape index (κ1) is 18.5. The summed E-state index contributed by atoms with van der Waals surface area (Å²) in [5.41, 5.74) is 4.25. The van der Waals surface area contributed by atoms with E-state index in [1.54, 1.807) is 0 Å². The van der Waals surface area contributed by atoms with E-state index in [-0.39, 0.29) is 11.3 Å². The van der Waals surface area contributed by atoms with Crippen molar-refractivity contribution in [2.75, 3.05) is 0 Å². The number of halogens is 1. The van der Waals surface area contributed by atoms with Crippen LogP contribution in [0.15, 0.2) is 77.9 Å². The second kappa shape index (κ2) is 8.87. The second-order valence-corrected chi connectivity index (χ2v) is 6.14. The van der Waals surface area contributed by atoms with Crippen LogP contribution in [-0.4, -0.2) is 17.2 Å². The van der Waals surface area contributed by atoms with E-state index in [4.69, 9.17) is 16.3 Å². The van der Waals surface area contributed by atoms with Crippen molar-refractivity contribution < 1.29 is 14.6 Å². The van der Waals surface area contributed by atoms with Crippen molar-refractivity contribution in [3.05, 3.63) is 94.5 Å². The van der Waals surface area contributed by atoms with Gasteiger partial charge in [0.1, 0.15) is 18.1 Å². The van der Waals surface area contributed by atoms with Gasteiger partial charge in [-0.15, -0.1) is 0 Å². The largest absolute Gasteiger partial charge is 0.507 e. The number of nitrogens with one attached hydrogen (secondary N) is 1. The highest BCUT2D eigenvalue weighted by Crippen LogP contribution is 2.21. The lowest BCUT2D eigenvalue weighted by molar-refractivity contribution is 0.0952. The Hall–Kier alpha value is -3.31. The standard InChI is InChI=1S/C21H17ClN2O3/c22-17-9-10-20(25)19(12-17)21(26)24-23-13-16-7-4-8-18(11-16)27-14-15-5-2-1-3-6-15/h1-13,25H,14H2,(H,24,26). The summed E-state index contributed by atoms with van der Waals surface area (Å²) in [6, 6.07) is 21.4. The minimum atomic E-state index is -0.553. The van der Waals surface area contributed by atoms with Crippen molar-refractivity contribution in [2.24, 2.45) is 5.10 Å². The topological polar surface area (TPSA) is 70.9 Å². The summed E-state index contributed by atoms with van der Waals surface area (Å²) in [7, 11) is 0. The number of hydrogen-bond acceptors (Lipinski definition) is 4. The van der Waals surface area contributed by atoms with Crippen LogP contribution in [0, 0.1) is 0 Å². The SMILES string of the molecule is O=C(NN=Cc1cccc(OCc2ccccc2)c1)c1cc(Cl)ccc1O. The summed E-state index contributed by atoms with van der Waals surface area (Å²) in [4.78, 5) is 12.1. The highest BCUT2D eigenvalue weighted by atomic mass is 35.5. The number of amides is 1. The number of carbonyl (C=O) groups excluding carboxylic acids is 1. The molecule has 0 unspecified atom stereocenters. The Morgan fingerprint density at radius 1 is 1.07 bits per heavy atom. The first-order valence-corrected chi connectivity index (χ1v) is 8.58. The van der Waals surface area contributed by atoms with Crippen molar-refractivity contribution in [1.82, 2.24) is 5.43 Å². The molecule has 0 heterocycles. The van der Waals surface area contributed by atoms with Gasteiger partial charge in [-0.3, -0.25) is 4.79 Å². The number of benzene rings is 3. The molecule has 3 aromatic carbocycles. The highest BCUT2D eigenvalue weighted by molar-refractivity contribution is 6.31. The van der Waals surface area contributed by atoms with Crippen LogP contribution in [0.4, 0.5) is 0 Å². The van der Waals surface area contributed by atoms with E-state index in [0.717, 1.165) is 11.1 Å². The Balaban J connectivity index is 1.60. The summed E-state index contributed by atoms with van der Waals surface area (Å²) < 4.78 is 5.76. The van der Waals surface area contributed by atoms with Crippen LogP contribution < -0.4 is 10.2 Å². The molecule has 2 N–H and O–H groups in total. The molecule has 6 heteroatoms. The van der Waals surface area contributed by atoms with E-state index < -0.39 is 5.91 Å². The molecule has 0 aliphatic heterocycles. The molecule has 0 saturated carbocycles. The first-order chi connectivity index (χ1) is 13.1. The van der Waals surface area contributed by atoms with E-state index in [0.29, 0.717) is 17.4 Å².